The molecule has 2 aromatic rings. The molecule has 0 radical (unpaired) electrons. The Hall–Kier alpha value is -1.91. The van der Waals surface area contributed by atoms with Crippen molar-refractivity contribution in [2.75, 3.05) is 12.3 Å². The van der Waals surface area contributed by atoms with Crippen LogP contribution in [0.15, 0.2) is 41.3 Å². The number of benzene rings is 2. The highest BCUT2D eigenvalue weighted by atomic mass is 32.2. The van der Waals surface area contributed by atoms with Crippen molar-refractivity contribution in [2.45, 2.75) is 57.8 Å². The van der Waals surface area contributed by atoms with Crippen LogP contribution >= 0.6 is 11.8 Å². The van der Waals surface area contributed by atoms with Gasteiger partial charge in [0, 0.05) is 34.7 Å². The molecule has 2 rings (SSSR count). The number of carbonyl (C=O) groups is 2. The third kappa shape index (κ3) is 5.55. The first-order valence-corrected chi connectivity index (χ1v) is 10.8. The van der Waals surface area contributed by atoms with Crippen molar-refractivity contribution >= 4 is 23.3 Å². The lowest BCUT2D eigenvalue weighted by molar-refractivity contribution is 0.0992. The average molecular weight is 398 g/mol. The largest absolute Gasteiger partial charge is 0.330 e. The molecule has 0 spiro atoms. The van der Waals surface area contributed by atoms with E-state index in [-0.39, 0.29) is 17.0 Å². The molecule has 4 heteroatoms. The second-order valence-corrected chi connectivity index (χ2v) is 9.21. The molecule has 3 nitrogen and oxygen atoms in total. The summed E-state index contributed by atoms with van der Waals surface area (Å²) in [6.45, 7) is 10.8. The van der Waals surface area contributed by atoms with Gasteiger partial charge in [0.25, 0.3) is 0 Å². The van der Waals surface area contributed by atoms with Gasteiger partial charge in [0.1, 0.15) is 0 Å². The Morgan fingerprint density at radius 2 is 1.68 bits per heavy atom. The Kier molecular flexibility index (Phi) is 7.62. The van der Waals surface area contributed by atoms with Gasteiger partial charge in [-0.25, -0.2) is 0 Å². The van der Waals surface area contributed by atoms with Crippen LogP contribution in [-0.2, 0) is 18.3 Å². The molecule has 0 aliphatic carbocycles. The summed E-state index contributed by atoms with van der Waals surface area (Å²) < 4.78 is 0. The molecule has 0 atom stereocenters. The summed E-state index contributed by atoms with van der Waals surface area (Å²) in [6.07, 6.45) is 1.24. The Balaban J connectivity index is 2.47. The Morgan fingerprint density at radius 1 is 1.04 bits per heavy atom. The highest BCUT2D eigenvalue weighted by Gasteiger charge is 2.20. The summed E-state index contributed by atoms with van der Waals surface area (Å²) in [5.41, 5.74) is 10.5. The van der Waals surface area contributed by atoms with E-state index < -0.39 is 0 Å². The van der Waals surface area contributed by atoms with Gasteiger partial charge in [-0.2, -0.15) is 0 Å². The summed E-state index contributed by atoms with van der Waals surface area (Å²) in [5.74, 6) is 0.825. The summed E-state index contributed by atoms with van der Waals surface area (Å²) in [7, 11) is 0. The van der Waals surface area contributed by atoms with Gasteiger partial charge in [0.05, 0.1) is 0 Å². The summed E-state index contributed by atoms with van der Waals surface area (Å²) in [6, 6.07) is 11.4. The fourth-order valence-electron chi connectivity index (χ4n) is 3.11. The Morgan fingerprint density at radius 3 is 2.25 bits per heavy atom. The fraction of sp³-hybridized carbons (Fsp3) is 0.417. The number of aryl methyl sites for hydroxylation is 1. The minimum atomic E-state index is -0.0307. The standard InChI is InChI=1S/C24H31NO2S/c1-6-17-13-21(24(3,4)5)14-20(23(17)28-11-10-25)15-22(27)19-9-7-8-18(12-19)16(2)26/h7-9,12-14H,6,10-11,15,25H2,1-5H3. The maximum atomic E-state index is 13.0. The van der Waals surface area contributed by atoms with Crippen molar-refractivity contribution in [3.8, 4) is 0 Å². The predicted octanol–water partition coefficient (Wildman–Crippen LogP) is 5.23. The topological polar surface area (TPSA) is 60.2 Å². The highest BCUT2D eigenvalue weighted by Crippen LogP contribution is 2.34. The monoisotopic (exact) mass is 397 g/mol. The molecule has 0 aliphatic rings. The second-order valence-electron chi connectivity index (χ2n) is 8.10. The Labute approximate surface area is 173 Å². The molecule has 0 aliphatic heterocycles. The molecule has 150 valence electrons. The van der Waals surface area contributed by atoms with Crippen molar-refractivity contribution in [3.63, 3.8) is 0 Å². The molecular weight excluding hydrogens is 366 g/mol. The van der Waals surface area contributed by atoms with Crippen molar-refractivity contribution in [1.82, 2.24) is 0 Å². The quantitative estimate of drug-likeness (QED) is 0.490. The smallest absolute Gasteiger partial charge is 0.167 e. The summed E-state index contributed by atoms with van der Waals surface area (Å²) in [5, 5.41) is 0. The van der Waals surface area contributed by atoms with E-state index >= 15 is 0 Å². The predicted molar refractivity (Wildman–Crippen MR) is 119 cm³/mol. The molecule has 28 heavy (non-hydrogen) atoms. The molecule has 2 aromatic carbocycles. The van der Waals surface area contributed by atoms with Crippen LogP contribution in [0, 0.1) is 0 Å². The van der Waals surface area contributed by atoms with E-state index in [2.05, 4.69) is 39.8 Å². The lowest BCUT2D eigenvalue weighted by Gasteiger charge is -2.24. The fourth-order valence-corrected chi connectivity index (χ4v) is 4.14. The van der Waals surface area contributed by atoms with Crippen LogP contribution in [0.3, 0.4) is 0 Å². The third-order valence-corrected chi connectivity index (χ3v) is 6.05. The first kappa shape index (κ1) is 22.4. The molecule has 0 amide bonds. The van der Waals surface area contributed by atoms with Gasteiger partial charge in [-0.1, -0.05) is 58.0 Å². The van der Waals surface area contributed by atoms with Crippen LogP contribution < -0.4 is 5.73 Å². The SMILES string of the molecule is CCc1cc(C(C)(C)C)cc(CC(=O)c2cccc(C(C)=O)c2)c1SCCN. The molecule has 2 N–H and O–H groups in total. The van der Waals surface area contributed by atoms with E-state index in [1.54, 1.807) is 36.0 Å². The lowest BCUT2D eigenvalue weighted by Crippen LogP contribution is -2.15. The van der Waals surface area contributed by atoms with Crippen LogP contribution in [0.5, 0.6) is 0 Å². The van der Waals surface area contributed by atoms with Crippen molar-refractivity contribution in [3.05, 3.63) is 64.2 Å². The van der Waals surface area contributed by atoms with Crippen LogP contribution in [0.2, 0.25) is 0 Å². The molecule has 0 bridgehead atoms. The number of rotatable bonds is 8. The maximum absolute atomic E-state index is 13.0. The lowest BCUT2D eigenvalue weighted by atomic mass is 9.84. The Bertz CT molecular complexity index is 865. The van der Waals surface area contributed by atoms with E-state index in [1.807, 2.05) is 0 Å². The number of hydrogen-bond donors (Lipinski definition) is 1. The van der Waals surface area contributed by atoms with Gasteiger partial charge in [0.2, 0.25) is 0 Å². The van der Waals surface area contributed by atoms with Gasteiger partial charge >= 0.3 is 0 Å². The number of Topliss-reactive ketones (excluding diaryl/α,β-unsaturated/α-hetero) is 2. The molecular formula is C24H31NO2S. The minimum Gasteiger partial charge on any atom is -0.330 e. The van der Waals surface area contributed by atoms with E-state index in [1.165, 1.54) is 22.9 Å². The first-order valence-electron chi connectivity index (χ1n) is 9.80. The molecule has 0 heterocycles. The zero-order chi connectivity index (χ0) is 20.9. The number of ketones is 2. The van der Waals surface area contributed by atoms with Gasteiger partial charge in [-0.15, -0.1) is 11.8 Å². The van der Waals surface area contributed by atoms with E-state index in [0.29, 0.717) is 24.1 Å². The second kappa shape index (κ2) is 9.53. The summed E-state index contributed by atoms with van der Waals surface area (Å²) >= 11 is 1.73. The number of thioether (sulfide) groups is 1. The zero-order valence-corrected chi connectivity index (χ0v) is 18.4. The van der Waals surface area contributed by atoms with E-state index in [9.17, 15) is 9.59 Å². The zero-order valence-electron chi connectivity index (χ0n) is 17.6. The van der Waals surface area contributed by atoms with Crippen LogP contribution in [0.25, 0.3) is 0 Å². The van der Waals surface area contributed by atoms with Crippen molar-refractivity contribution in [2.24, 2.45) is 5.73 Å². The van der Waals surface area contributed by atoms with Crippen molar-refractivity contribution in [1.29, 1.82) is 0 Å². The third-order valence-electron chi connectivity index (χ3n) is 4.80. The van der Waals surface area contributed by atoms with E-state index in [0.717, 1.165) is 17.7 Å². The molecule has 0 fully saturated rings. The number of nitrogens with two attached hydrogens (primary N) is 1. The van der Waals surface area contributed by atoms with Gasteiger partial charge in [-0.05, 0) is 41.5 Å². The number of hydrogen-bond acceptors (Lipinski definition) is 4. The molecule has 0 aromatic heterocycles. The molecule has 0 saturated heterocycles. The first-order chi connectivity index (χ1) is 13.2. The number of carbonyl (C=O) groups excluding carboxylic acids is 2. The van der Waals surface area contributed by atoms with Gasteiger partial charge in [0.15, 0.2) is 11.6 Å². The molecule has 0 saturated carbocycles. The molecule has 0 unspecified atom stereocenters. The average Bonchev–Trinajstić information content (AvgIpc) is 2.65. The van der Waals surface area contributed by atoms with Gasteiger partial charge in [-0.3, -0.25) is 9.59 Å². The summed E-state index contributed by atoms with van der Waals surface area (Å²) in [4.78, 5) is 25.9. The van der Waals surface area contributed by atoms with Crippen LogP contribution in [-0.4, -0.2) is 23.9 Å². The normalized spacial score (nSPS) is 11.5. The maximum Gasteiger partial charge on any atom is 0.167 e. The highest BCUT2D eigenvalue weighted by molar-refractivity contribution is 7.99. The van der Waals surface area contributed by atoms with Crippen LogP contribution in [0.4, 0.5) is 0 Å². The minimum absolute atomic E-state index is 0.00727. The van der Waals surface area contributed by atoms with Crippen molar-refractivity contribution < 1.29 is 9.59 Å². The van der Waals surface area contributed by atoms with Crippen LogP contribution in [0.1, 0.15) is 72.0 Å². The van der Waals surface area contributed by atoms with E-state index in [4.69, 9.17) is 5.73 Å². The van der Waals surface area contributed by atoms with Gasteiger partial charge < -0.3 is 5.73 Å².